The van der Waals surface area contributed by atoms with Crippen molar-refractivity contribution in [1.29, 1.82) is 0 Å². The Balaban J connectivity index is 2.19. The predicted molar refractivity (Wildman–Crippen MR) is 80.9 cm³/mol. The van der Waals surface area contributed by atoms with Crippen molar-refractivity contribution in [3.63, 3.8) is 0 Å². The summed E-state index contributed by atoms with van der Waals surface area (Å²) in [6.45, 7) is 12.9. The SMILES string of the molecule is CC(C)CNCC(C)CN(C)C1CCCC(C)C1. The summed E-state index contributed by atoms with van der Waals surface area (Å²) in [6, 6.07) is 0.835. The number of hydrogen-bond acceptors (Lipinski definition) is 2. The fourth-order valence-electron chi connectivity index (χ4n) is 3.13. The van der Waals surface area contributed by atoms with Crippen LogP contribution in [0, 0.1) is 17.8 Å². The molecule has 0 aromatic carbocycles. The van der Waals surface area contributed by atoms with E-state index >= 15 is 0 Å². The largest absolute Gasteiger partial charge is 0.316 e. The van der Waals surface area contributed by atoms with Crippen LogP contribution in [0.2, 0.25) is 0 Å². The first-order valence-corrected chi connectivity index (χ1v) is 7.90. The molecule has 108 valence electrons. The Bertz CT molecular complexity index is 215. The predicted octanol–water partition coefficient (Wildman–Crippen LogP) is 3.38. The minimum absolute atomic E-state index is 0.756. The van der Waals surface area contributed by atoms with Crippen LogP contribution in [0.25, 0.3) is 0 Å². The average molecular weight is 254 g/mol. The van der Waals surface area contributed by atoms with E-state index in [1.807, 2.05) is 0 Å². The maximum atomic E-state index is 3.57. The number of nitrogens with zero attached hydrogens (tertiary/aromatic N) is 1. The zero-order valence-electron chi connectivity index (χ0n) is 13.2. The van der Waals surface area contributed by atoms with Gasteiger partial charge >= 0.3 is 0 Å². The van der Waals surface area contributed by atoms with Crippen molar-refractivity contribution < 1.29 is 0 Å². The lowest BCUT2D eigenvalue weighted by atomic mass is 9.86. The highest BCUT2D eigenvalue weighted by atomic mass is 15.1. The summed E-state index contributed by atoms with van der Waals surface area (Å²) in [7, 11) is 2.32. The van der Waals surface area contributed by atoms with E-state index in [1.54, 1.807) is 0 Å². The van der Waals surface area contributed by atoms with Gasteiger partial charge in [-0.15, -0.1) is 0 Å². The van der Waals surface area contributed by atoms with Crippen molar-refractivity contribution in [3.8, 4) is 0 Å². The fourth-order valence-corrected chi connectivity index (χ4v) is 3.13. The first-order chi connectivity index (χ1) is 8.49. The van der Waals surface area contributed by atoms with Gasteiger partial charge in [0.25, 0.3) is 0 Å². The highest BCUT2D eigenvalue weighted by Crippen LogP contribution is 2.26. The molecule has 1 N–H and O–H groups in total. The average Bonchev–Trinajstić information content (AvgIpc) is 2.28. The van der Waals surface area contributed by atoms with Crippen LogP contribution in [0.1, 0.15) is 53.4 Å². The van der Waals surface area contributed by atoms with Gasteiger partial charge in [-0.3, -0.25) is 0 Å². The molecule has 1 fully saturated rings. The third kappa shape index (κ3) is 6.19. The maximum Gasteiger partial charge on any atom is 0.00948 e. The number of hydrogen-bond donors (Lipinski definition) is 1. The highest BCUT2D eigenvalue weighted by molar-refractivity contribution is 4.78. The Labute approximate surface area is 115 Å². The van der Waals surface area contributed by atoms with E-state index in [4.69, 9.17) is 0 Å². The third-order valence-corrected chi connectivity index (χ3v) is 4.18. The van der Waals surface area contributed by atoms with Crippen LogP contribution in [0.4, 0.5) is 0 Å². The van der Waals surface area contributed by atoms with Crippen LogP contribution >= 0.6 is 0 Å². The molecule has 0 saturated heterocycles. The highest BCUT2D eigenvalue weighted by Gasteiger charge is 2.22. The molecule has 2 nitrogen and oxygen atoms in total. The molecular formula is C16H34N2. The standard InChI is InChI=1S/C16H34N2/c1-13(2)10-17-11-15(4)12-18(5)16-8-6-7-14(3)9-16/h13-17H,6-12H2,1-5H3. The number of rotatable bonds is 7. The molecule has 1 rings (SSSR count). The zero-order chi connectivity index (χ0) is 13.5. The van der Waals surface area contributed by atoms with E-state index in [-0.39, 0.29) is 0 Å². The van der Waals surface area contributed by atoms with Crippen molar-refractivity contribution in [2.24, 2.45) is 17.8 Å². The lowest BCUT2D eigenvalue weighted by Gasteiger charge is -2.35. The Morgan fingerprint density at radius 3 is 2.50 bits per heavy atom. The van der Waals surface area contributed by atoms with E-state index in [2.05, 4.69) is 45.0 Å². The molecule has 0 aliphatic heterocycles. The van der Waals surface area contributed by atoms with E-state index in [0.29, 0.717) is 0 Å². The Hall–Kier alpha value is -0.0800. The first kappa shape index (κ1) is 16.0. The van der Waals surface area contributed by atoms with Gasteiger partial charge in [-0.25, -0.2) is 0 Å². The molecule has 3 unspecified atom stereocenters. The molecule has 0 aromatic heterocycles. The molecular weight excluding hydrogens is 220 g/mol. The minimum atomic E-state index is 0.756. The molecule has 0 radical (unpaired) electrons. The molecule has 1 saturated carbocycles. The Morgan fingerprint density at radius 1 is 1.17 bits per heavy atom. The lowest BCUT2D eigenvalue weighted by Crippen LogP contribution is -2.40. The monoisotopic (exact) mass is 254 g/mol. The van der Waals surface area contributed by atoms with Crippen molar-refractivity contribution >= 4 is 0 Å². The number of nitrogens with one attached hydrogen (secondary N) is 1. The van der Waals surface area contributed by atoms with E-state index in [0.717, 1.165) is 36.9 Å². The summed E-state index contributed by atoms with van der Waals surface area (Å²) < 4.78 is 0. The van der Waals surface area contributed by atoms with Crippen LogP contribution < -0.4 is 5.32 Å². The van der Waals surface area contributed by atoms with Gasteiger partial charge in [-0.05, 0) is 50.7 Å². The van der Waals surface area contributed by atoms with Gasteiger partial charge in [0.2, 0.25) is 0 Å². The molecule has 3 atom stereocenters. The summed E-state index contributed by atoms with van der Waals surface area (Å²) in [5, 5.41) is 3.57. The molecule has 1 aliphatic carbocycles. The molecule has 1 aliphatic rings. The second kappa shape index (κ2) is 8.16. The van der Waals surface area contributed by atoms with Gasteiger partial charge in [0.15, 0.2) is 0 Å². The smallest absolute Gasteiger partial charge is 0.00948 e. The Kier molecular flexibility index (Phi) is 7.25. The third-order valence-electron chi connectivity index (χ3n) is 4.18. The summed E-state index contributed by atoms with van der Waals surface area (Å²) in [4.78, 5) is 2.61. The normalized spacial score (nSPS) is 26.8. The van der Waals surface area contributed by atoms with Crippen molar-refractivity contribution in [1.82, 2.24) is 10.2 Å². The summed E-state index contributed by atoms with van der Waals surface area (Å²) in [5.41, 5.74) is 0. The second-order valence-corrected chi connectivity index (χ2v) is 7.02. The second-order valence-electron chi connectivity index (χ2n) is 7.02. The van der Waals surface area contributed by atoms with Crippen molar-refractivity contribution in [2.45, 2.75) is 59.4 Å². The van der Waals surface area contributed by atoms with E-state index in [9.17, 15) is 0 Å². The quantitative estimate of drug-likeness (QED) is 0.749. The maximum absolute atomic E-state index is 3.57. The van der Waals surface area contributed by atoms with Gasteiger partial charge in [0.05, 0.1) is 0 Å². The summed E-state index contributed by atoms with van der Waals surface area (Å²) in [5.74, 6) is 2.45. The Morgan fingerprint density at radius 2 is 1.89 bits per heavy atom. The molecule has 0 bridgehead atoms. The summed E-state index contributed by atoms with van der Waals surface area (Å²) >= 11 is 0. The molecule has 0 amide bonds. The van der Waals surface area contributed by atoms with Gasteiger partial charge in [0.1, 0.15) is 0 Å². The van der Waals surface area contributed by atoms with Crippen LogP contribution in [0.5, 0.6) is 0 Å². The fraction of sp³-hybridized carbons (Fsp3) is 1.00. The van der Waals surface area contributed by atoms with Crippen LogP contribution in [0.3, 0.4) is 0 Å². The zero-order valence-corrected chi connectivity index (χ0v) is 13.2. The van der Waals surface area contributed by atoms with Gasteiger partial charge < -0.3 is 10.2 Å². The minimum Gasteiger partial charge on any atom is -0.316 e. The van der Waals surface area contributed by atoms with E-state index < -0.39 is 0 Å². The van der Waals surface area contributed by atoms with Crippen molar-refractivity contribution in [3.05, 3.63) is 0 Å². The molecule has 2 heteroatoms. The molecule has 0 spiro atoms. The lowest BCUT2D eigenvalue weighted by molar-refractivity contribution is 0.146. The van der Waals surface area contributed by atoms with E-state index in [1.165, 1.54) is 32.2 Å². The van der Waals surface area contributed by atoms with Crippen LogP contribution in [-0.4, -0.2) is 37.6 Å². The van der Waals surface area contributed by atoms with Crippen LogP contribution in [-0.2, 0) is 0 Å². The van der Waals surface area contributed by atoms with Gasteiger partial charge in [-0.2, -0.15) is 0 Å². The first-order valence-electron chi connectivity index (χ1n) is 7.90. The topological polar surface area (TPSA) is 15.3 Å². The molecule has 18 heavy (non-hydrogen) atoms. The van der Waals surface area contributed by atoms with Gasteiger partial charge in [0, 0.05) is 12.6 Å². The van der Waals surface area contributed by atoms with Crippen molar-refractivity contribution in [2.75, 3.05) is 26.7 Å². The molecule has 0 heterocycles. The van der Waals surface area contributed by atoms with Crippen LogP contribution in [0.15, 0.2) is 0 Å². The summed E-state index contributed by atoms with van der Waals surface area (Å²) in [6.07, 6.45) is 5.68. The van der Waals surface area contributed by atoms with Gasteiger partial charge in [-0.1, -0.05) is 40.5 Å². The molecule has 0 aromatic rings.